The number of carbonyl (C=O) groups is 1. The summed E-state index contributed by atoms with van der Waals surface area (Å²) in [5, 5.41) is 8.14. The largest absolute Gasteiger partial charge is 0.477 e. The van der Waals surface area contributed by atoms with Crippen LogP contribution in [0, 0.1) is 0 Å². The number of carboxylic acid groups (broad SMARTS) is 1. The Morgan fingerprint density at radius 2 is 2.31 bits per heavy atom. The molecule has 0 aromatic carbocycles. The Balaban J connectivity index is 2.90. The topological polar surface area (TPSA) is 76.5 Å². The minimum atomic E-state index is -4.02. The second-order valence-corrected chi connectivity index (χ2v) is 2.42. The lowest BCUT2D eigenvalue weighted by Gasteiger charge is -2.16. The van der Waals surface area contributed by atoms with Crippen molar-refractivity contribution in [3.05, 3.63) is 24.2 Å². The molecule has 6 heteroatoms. The molecule has 0 amide bonds. The summed E-state index contributed by atoms with van der Waals surface area (Å²) in [4.78, 5) is 10.1. The van der Waals surface area contributed by atoms with E-state index in [2.05, 4.69) is 4.42 Å². The van der Waals surface area contributed by atoms with Crippen LogP contribution in [0.3, 0.4) is 0 Å². The maximum atomic E-state index is 12.7. The number of rotatable bonds is 3. The summed E-state index contributed by atoms with van der Waals surface area (Å²) < 4.78 is 30.0. The second-order valence-electron chi connectivity index (χ2n) is 2.42. The minimum Gasteiger partial charge on any atom is -0.477 e. The molecule has 0 radical (unpaired) electrons. The molecule has 13 heavy (non-hydrogen) atoms. The first kappa shape index (κ1) is 9.66. The van der Waals surface area contributed by atoms with Crippen molar-refractivity contribution in [2.45, 2.75) is 12.0 Å². The molecule has 0 aliphatic rings. The quantitative estimate of drug-likeness (QED) is 0.747. The van der Waals surface area contributed by atoms with E-state index in [0.717, 1.165) is 6.26 Å². The number of nitrogens with two attached hydrogens (primary N) is 1. The van der Waals surface area contributed by atoms with E-state index in [0.29, 0.717) is 0 Å². The van der Waals surface area contributed by atoms with Crippen LogP contribution in [-0.4, -0.2) is 17.0 Å². The molecular formula is C7H7F2NO3. The first-order valence-corrected chi connectivity index (χ1v) is 3.36. The van der Waals surface area contributed by atoms with Crippen molar-refractivity contribution >= 4 is 5.97 Å². The fourth-order valence-electron chi connectivity index (χ4n) is 0.780. The van der Waals surface area contributed by atoms with Gasteiger partial charge in [-0.3, -0.25) is 0 Å². The summed E-state index contributed by atoms with van der Waals surface area (Å²) in [5.41, 5.74) is 4.99. The van der Waals surface area contributed by atoms with Gasteiger partial charge in [0.2, 0.25) is 0 Å². The molecule has 0 saturated carbocycles. The molecule has 1 atom stereocenters. The van der Waals surface area contributed by atoms with Gasteiger partial charge in [-0.15, -0.1) is 0 Å². The molecule has 1 rings (SSSR count). The van der Waals surface area contributed by atoms with Crippen molar-refractivity contribution in [1.82, 2.24) is 0 Å². The Morgan fingerprint density at radius 3 is 2.69 bits per heavy atom. The minimum absolute atomic E-state index is 0.257. The summed E-state index contributed by atoms with van der Waals surface area (Å²) in [7, 11) is 0. The van der Waals surface area contributed by atoms with E-state index >= 15 is 0 Å². The SMILES string of the molecule is NC(c1ccco1)C(F)(F)C(=O)O. The van der Waals surface area contributed by atoms with Crippen LogP contribution in [0.2, 0.25) is 0 Å². The van der Waals surface area contributed by atoms with Crippen LogP contribution in [0.1, 0.15) is 11.8 Å². The Morgan fingerprint density at radius 1 is 1.69 bits per heavy atom. The van der Waals surface area contributed by atoms with Crippen molar-refractivity contribution < 1.29 is 23.1 Å². The van der Waals surface area contributed by atoms with Crippen LogP contribution < -0.4 is 5.73 Å². The molecule has 1 aromatic rings. The number of hydrogen-bond acceptors (Lipinski definition) is 3. The van der Waals surface area contributed by atoms with E-state index in [1.807, 2.05) is 0 Å². The maximum Gasteiger partial charge on any atom is 0.376 e. The Hall–Kier alpha value is -1.43. The van der Waals surface area contributed by atoms with Crippen LogP contribution in [0.25, 0.3) is 0 Å². The lowest BCUT2D eigenvalue weighted by Crippen LogP contribution is -2.40. The number of hydrogen-bond donors (Lipinski definition) is 2. The summed E-state index contributed by atoms with van der Waals surface area (Å²) in [6.45, 7) is 0. The molecule has 4 nitrogen and oxygen atoms in total. The van der Waals surface area contributed by atoms with Gasteiger partial charge in [0, 0.05) is 0 Å². The first-order valence-electron chi connectivity index (χ1n) is 3.36. The molecule has 0 fully saturated rings. The second kappa shape index (κ2) is 3.14. The molecule has 0 bridgehead atoms. The normalized spacial score (nSPS) is 14.1. The molecule has 0 aliphatic carbocycles. The van der Waals surface area contributed by atoms with Crippen LogP contribution in [-0.2, 0) is 4.79 Å². The highest BCUT2D eigenvalue weighted by Gasteiger charge is 2.47. The van der Waals surface area contributed by atoms with E-state index < -0.39 is 17.9 Å². The van der Waals surface area contributed by atoms with Crippen molar-refractivity contribution in [3.8, 4) is 0 Å². The summed E-state index contributed by atoms with van der Waals surface area (Å²) in [5.74, 6) is -6.54. The lowest BCUT2D eigenvalue weighted by atomic mass is 10.1. The zero-order chi connectivity index (χ0) is 10.1. The molecule has 72 valence electrons. The van der Waals surface area contributed by atoms with Gasteiger partial charge in [-0.05, 0) is 12.1 Å². The van der Waals surface area contributed by atoms with Crippen LogP contribution in [0.5, 0.6) is 0 Å². The third-order valence-electron chi connectivity index (χ3n) is 1.53. The monoisotopic (exact) mass is 191 g/mol. The summed E-state index contributed by atoms with van der Waals surface area (Å²) in [6.07, 6.45) is 1.15. The van der Waals surface area contributed by atoms with Gasteiger partial charge >= 0.3 is 11.9 Å². The number of halogens is 2. The van der Waals surface area contributed by atoms with Gasteiger partial charge in [-0.25, -0.2) is 4.79 Å². The van der Waals surface area contributed by atoms with E-state index in [1.54, 1.807) is 0 Å². The molecule has 1 unspecified atom stereocenters. The van der Waals surface area contributed by atoms with Gasteiger partial charge in [0.1, 0.15) is 11.8 Å². The fraction of sp³-hybridized carbons (Fsp3) is 0.286. The zero-order valence-corrected chi connectivity index (χ0v) is 6.41. The Bertz CT molecular complexity index is 297. The van der Waals surface area contributed by atoms with Crippen LogP contribution in [0.4, 0.5) is 8.78 Å². The van der Waals surface area contributed by atoms with Crippen LogP contribution >= 0.6 is 0 Å². The van der Waals surface area contributed by atoms with Gasteiger partial charge in [-0.2, -0.15) is 8.78 Å². The predicted octanol–water partition coefficient (Wildman–Crippen LogP) is 0.999. The highest BCUT2D eigenvalue weighted by atomic mass is 19.3. The molecule has 0 aliphatic heterocycles. The molecule has 1 aromatic heterocycles. The smallest absolute Gasteiger partial charge is 0.376 e. The van der Waals surface area contributed by atoms with E-state index in [9.17, 15) is 13.6 Å². The third kappa shape index (κ3) is 1.67. The predicted molar refractivity (Wildman–Crippen MR) is 38.2 cm³/mol. The van der Waals surface area contributed by atoms with Gasteiger partial charge in [-0.1, -0.05) is 0 Å². The van der Waals surface area contributed by atoms with Crippen molar-refractivity contribution in [2.75, 3.05) is 0 Å². The highest BCUT2D eigenvalue weighted by Crippen LogP contribution is 2.29. The number of aliphatic carboxylic acids is 1. The van der Waals surface area contributed by atoms with Crippen molar-refractivity contribution in [2.24, 2.45) is 5.73 Å². The molecule has 1 heterocycles. The number of alkyl halides is 2. The van der Waals surface area contributed by atoms with E-state index in [1.165, 1.54) is 12.1 Å². The van der Waals surface area contributed by atoms with Crippen molar-refractivity contribution in [3.63, 3.8) is 0 Å². The third-order valence-corrected chi connectivity index (χ3v) is 1.53. The fourth-order valence-corrected chi connectivity index (χ4v) is 0.780. The highest BCUT2D eigenvalue weighted by molar-refractivity contribution is 5.76. The standard InChI is InChI=1S/C7H7F2NO3/c8-7(9,6(11)12)5(10)4-2-1-3-13-4/h1-3,5H,10H2,(H,11,12). The van der Waals surface area contributed by atoms with Gasteiger partial charge in [0.15, 0.2) is 0 Å². The van der Waals surface area contributed by atoms with Gasteiger partial charge in [0.25, 0.3) is 0 Å². The Labute approximate surface area is 71.9 Å². The number of carboxylic acids is 1. The molecule has 0 saturated heterocycles. The van der Waals surface area contributed by atoms with E-state index in [-0.39, 0.29) is 5.76 Å². The maximum absolute atomic E-state index is 12.7. The number of furan rings is 1. The van der Waals surface area contributed by atoms with Crippen molar-refractivity contribution in [1.29, 1.82) is 0 Å². The molecular weight excluding hydrogens is 184 g/mol. The zero-order valence-electron chi connectivity index (χ0n) is 6.41. The Kier molecular flexibility index (Phi) is 2.33. The van der Waals surface area contributed by atoms with Crippen LogP contribution in [0.15, 0.2) is 22.8 Å². The lowest BCUT2D eigenvalue weighted by molar-refractivity contribution is -0.168. The summed E-state index contributed by atoms with van der Waals surface area (Å²) >= 11 is 0. The average Bonchev–Trinajstić information content (AvgIpc) is 2.54. The van der Waals surface area contributed by atoms with E-state index in [4.69, 9.17) is 10.8 Å². The first-order chi connectivity index (χ1) is 5.96. The summed E-state index contributed by atoms with van der Waals surface area (Å²) in [6, 6.07) is 0.592. The van der Waals surface area contributed by atoms with Gasteiger partial charge in [0.05, 0.1) is 6.26 Å². The van der Waals surface area contributed by atoms with Gasteiger partial charge < -0.3 is 15.3 Å². The average molecular weight is 191 g/mol. The molecule has 0 spiro atoms. The molecule has 3 N–H and O–H groups in total.